The average Bonchev–Trinajstić information content (AvgIpc) is 3.23. The van der Waals surface area contributed by atoms with Gasteiger partial charge in [0.15, 0.2) is 11.0 Å². The van der Waals surface area contributed by atoms with Crippen molar-refractivity contribution in [1.82, 2.24) is 9.88 Å². The van der Waals surface area contributed by atoms with E-state index in [2.05, 4.69) is 4.98 Å². The number of hydrogen-bond acceptors (Lipinski definition) is 5. The largest absolute Gasteiger partial charge is 0.455 e. The highest BCUT2D eigenvalue weighted by molar-refractivity contribution is 7.18. The Morgan fingerprint density at radius 2 is 1.75 bits per heavy atom. The van der Waals surface area contributed by atoms with E-state index >= 15 is 0 Å². The molecule has 3 aromatic carbocycles. The van der Waals surface area contributed by atoms with Crippen LogP contribution >= 0.6 is 11.3 Å². The molecule has 0 atom stereocenters. The molecule has 5 rings (SSSR count). The van der Waals surface area contributed by atoms with Crippen molar-refractivity contribution < 1.29 is 9.21 Å². The van der Waals surface area contributed by atoms with Crippen LogP contribution in [0.3, 0.4) is 0 Å². The van der Waals surface area contributed by atoms with Gasteiger partial charge in [0.2, 0.25) is 0 Å². The monoisotopic (exact) mass is 440 g/mol. The van der Waals surface area contributed by atoms with Gasteiger partial charge in [-0.3, -0.25) is 9.59 Å². The molecule has 0 aliphatic carbocycles. The molecular weight excluding hydrogens is 420 g/mol. The maximum Gasteiger partial charge on any atom is 0.257 e. The van der Waals surface area contributed by atoms with Crippen LogP contribution in [0.4, 0.5) is 0 Å². The Morgan fingerprint density at radius 1 is 1.00 bits per heavy atom. The van der Waals surface area contributed by atoms with Gasteiger partial charge in [-0.05, 0) is 31.2 Å². The Balaban J connectivity index is 1.56. The van der Waals surface area contributed by atoms with E-state index in [0.717, 1.165) is 20.8 Å². The standard InChI is InChI=1S/C26H20N2O3S/c1-16-23(29)18-11-8-12-19(25(18)31-24(16)17-9-4-3-5-10-17)26(30)28(2)15-22-27-20-13-6-7-14-21(20)32-22/h3-14H,15H2,1-2H3. The second-order valence-corrected chi connectivity index (χ2v) is 8.79. The molecule has 0 radical (unpaired) electrons. The molecule has 0 aliphatic rings. The SMILES string of the molecule is Cc1c(-c2ccccc2)oc2c(C(=O)N(C)Cc3nc4ccccc4s3)cccc2c1=O. The number of benzene rings is 3. The first-order valence-electron chi connectivity index (χ1n) is 10.2. The first kappa shape index (κ1) is 20.2. The number of rotatable bonds is 4. The molecule has 2 heterocycles. The van der Waals surface area contributed by atoms with Gasteiger partial charge in [0.25, 0.3) is 5.91 Å². The van der Waals surface area contributed by atoms with Crippen LogP contribution in [0.15, 0.2) is 82.0 Å². The van der Waals surface area contributed by atoms with Crippen LogP contribution in [0.5, 0.6) is 0 Å². The smallest absolute Gasteiger partial charge is 0.257 e. The molecule has 1 amide bonds. The number of carbonyl (C=O) groups excluding carboxylic acids is 1. The maximum absolute atomic E-state index is 13.4. The third kappa shape index (κ3) is 3.48. The fourth-order valence-corrected chi connectivity index (χ4v) is 4.83. The van der Waals surface area contributed by atoms with Crippen LogP contribution in [0.1, 0.15) is 20.9 Å². The number of para-hydroxylation sites is 2. The third-order valence-electron chi connectivity index (χ3n) is 5.47. The molecule has 0 bridgehead atoms. The second-order valence-electron chi connectivity index (χ2n) is 7.67. The minimum absolute atomic E-state index is 0.131. The van der Waals surface area contributed by atoms with Gasteiger partial charge in [-0.25, -0.2) is 4.98 Å². The van der Waals surface area contributed by atoms with Gasteiger partial charge < -0.3 is 9.32 Å². The highest BCUT2D eigenvalue weighted by Gasteiger charge is 2.21. The number of thiazole rings is 1. The molecule has 0 saturated carbocycles. The van der Waals surface area contributed by atoms with E-state index in [1.807, 2.05) is 54.6 Å². The van der Waals surface area contributed by atoms with Crippen molar-refractivity contribution in [1.29, 1.82) is 0 Å². The molecule has 0 N–H and O–H groups in total. The summed E-state index contributed by atoms with van der Waals surface area (Å²) < 4.78 is 7.29. The zero-order valence-electron chi connectivity index (χ0n) is 17.7. The van der Waals surface area contributed by atoms with E-state index in [1.165, 1.54) is 0 Å². The van der Waals surface area contributed by atoms with Crippen molar-refractivity contribution in [3.8, 4) is 11.3 Å². The quantitative estimate of drug-likeness (QED) is 0.362. The lowest BCUT2D eigenvalue weighted by atomic mass is 10.0. The highest BCUT2D eigenvalue weighted by atomic mass is 32.1. The molecule has 6 heteroatoms. The number of hydrogen-bond donors (Lipinski definition) is 0. The lowest BCUT2D eigenvalue weighted by Gasteiger charge is -2.17. The minimum Gasteiger partial charge on any atom is -0.455 e. The molecule has 5 nitrogen and oxygen atoms in total. The van der Waals surface area contributed by atoms with Crippen LogP contribution in [-0.4, -0.2) is 22.8 Å². The van der Waals surface area contributed by atoms with E-state index in [0.29, 0.717) is 34.4 Å². The number of carbonyl (C=O) groups is 1. The molecule has 0 aliphatic heterocycles. The first-order chi connectivity index (χ1) is 15.5. The Labute approximate surface area is 188 Å². The molecule has 2 aromatic heterocycles. The summed E-state index contributed by atoms with van der Waals surface area (Å²) in [7, 11) is 1.73. The lowest BCUT2D eigenvalue weighted by Crippen LogP contribution is -2.26. The van der Waals surface area contributed by atoms with E-state index < -0.39 is 0 Å². The summed E-state index contributed by atoms with van der Waals surface area (Å²) >= 11 is 1.57. The molecular formula is C26H20N2O3S. The van der Waals surface area contributed by atoms with Crippen LogP contribution in [-0.2, 0) is 6.54 Å². The van der Waals surface area contributed by atoms with Crippen molar-refractivity contribution in [3.05, 3.63) is 99.2 Å². The van der Waals surface area contributed by atoms with E-state index in [1.54, 1.807) is 48.4 Å². The summed E-state index contributed by atoms with van der Waals surface area (Å²) in [5.41, 5.74) is 2.79. The number of aromatic nitrogens is 1. The number of nitrogens with zero attached hydrogens (tertiary/aromatic N) is 2. The predicted molar refractivity (Wildman–Crippen MR) is 128 cm³/mol. The normalized spacial score (nSPS) is 11.2. The molecule has 0 spiro atoms. The Hall–Kier alpha value is -3.77. The summed E-state index contributed by atoms with van der Waals surface area (Å²) in [6.45, 7) is 2.12. The van der Waals surface area contributed by atoms with Crippen LogP contribution in [0.2, 0.25) is 0 Å². The van der Waals surface area contributed by atoms with Crippen molar-refractivity contribution in [2.45, 2.75) is 13.5 Å². The van der Waals surface area contributed by atoms with Gasteiger partial charge in [-0.15, -0.1) is 11.3 Å². The molecule has 0 fully saturated rings. The molecule has 0 unspecified atom stereocenters. The molecule has 32 heavy (non-hydrogen) atoms. The zero-order chi connectivity index (χ0) is 22.2. The Kier molecular flexibility index (Phi) is 5.07. The summed E-state index contributed by atoms with van der Waals surface area (Å²) in [6.07, 6.45) is 0. The molecule has 0 saturated heterocycles. The summed E-state index contributed by atoms with van der Waals surface area (Å²) in [4.78, 5) is 32.7. The van der Waals surface area contributed by atoms with E-state index in [9.17, 15) is 9.59 Å². The van der Waals surface area contributed by atoms with Gasteiger partial charge >= 0.3 is 0 Å². The third-order valence-corrected chi connectivity index (χ3v) is 6.49. The van der Waals surface area contributed by atoms with Crippen molar-refractivity contribution >= 4 is 38.4 Å². The predicted octanol–water partition coefficient (Wildman–Crippen LogP) is 5.65. The summed E-state index contributed by atoms with van der Waals surface area (Å²) in [5.74, 6) is 0.262. The van der Waals surface area contributed by atoms with Gasteiger partial charge in [-0.1, -0.05) is 48.5 Å². The fourth-order valence-electron chi connectivity index (χ4n) is 3.81. The molecule has 5 aromatic rings. The van der Waals surface area contributed by atoms with Crippen molar-refractivity contribution in [2.24, 2.45) is 0 Å². The number of fused-ring (bicyclic) bond motifs is 2. The van der Waals surface area contributed by atoms with Gasteiger partial charge in [0.05, 0.1) is 27.7 Å². The van der Waals surface area contributed by atoms with Gasteiger partial charge in [0, 0.05) is 18.2 Å². The van der Waals surface area contributed by atoms with Crippen molar-refractivity contribution in [2.75, 3.05) is 7.05 Å². The average molecular weight is 441 g/mol. The fraction of sp³-hybridized carbons (Fsp3) is 0.115. The van der Waals surface area contributed by atoms with Gasteiger partial charge in [-0.2, -0.15) is 0 Å². The maximum atomic E-state index is 13.4. The lowest BCUT2D eigenvalue weighted by molar-refractivity contribution is 0.0786. The first-order valence-corrected chi connectivity index (χ1v) is 11.1. The highest BCUT2D eigenvalue weighted by Crippen LogP contribution is 2.28. The summed E-state index contributed by atoms with van der Waals surface area (Å²) in [5, 5.41) is 1.26. The second kappa shape index (κ2) is 8.05. The van der Waals surface area contributed by atoms with Crippen LogP contribution < -0.4 is 5.43 Å². The van der Waals surface area contributed by atoms with E-state index in [4.69, 9.17) is 4.42 Å². The van der Waals surface area contributed by atoms with Crippen LogP contribution in [0.25, 0.3) is 32.5 Å². The number of amides is 1. The Morgan fingerprint density at radius 3 is 2.53 bits per heavy atom. The molecule has 158 valence electrons. The minimum atomic E-state index is -0.221. The Bertz CT molecular complexity index is 1490. The van der Waals surface area contributed by atoms with Gasteiger partial charge in [0.1, 0.15) is 10.8 Å². The van der Waals surface area contributed by atoms with E-state index in [-0.39, 0.29) is 11.3 Å². The van der Waals surface area contributed by atoms with Crippen LogP contribution in [0, 0.1) is 6.92 Å². The topological polar surface area (TPSA) is 63.4 Å². The summed E-state index contributed by atoms with van der Waals surface area (Å²) in [6, 6.07) is 22.5. The van der Waals surface area contributed by atoms with Crippen molar-refractivity contribution in [3.63, 3.8) is 0 Å². The zero-order valence-corrected chi connectivity index (χ0v) is 18.5.